The lowest BCUT2D eigenvalue weighted by atomic mass is 9.97. The fourth-order valence-electron chi connectivity index (χ4n) is 3.14. The third-order valence-electron chi connectivity index (χ3n) is 4.64. The van der Waals surface area contributed by atoms with Crippen LogP contribution < -0.4 is 15.4 Å². The summed E-state index contributed by atoms with van der Waals surface area (Å²) in [7, 11) is 1.57. The summed E-state index contributed by atoms with van der Waals surface area (Å²) in [6.07, 6.45) is 8.38. The number of rotatable bonds is 7. The maximum Gasteiger partial charge on any atom is 0.276 e. The van der Waals surface area contributed by atoms with E-state index >= 15 is 0 Å². The number of aryl methyl sites for hydroxylation is 1. The van der Waals surface area contributed by atoms with Gasteiger partial charge in [0.2, 0.25) is 0 Å². The lowest BCUT2D eigenvalue weighted by molar-refractivity contribution is 0.102. The minimum Gasteiger partial charge on any atom is -0.495 e. The molecule has 1 aliphatic carbocycles. The standard InChI is InChI=1S/C21H26N4O2/c1-15-8-10-19(27-2)18(14-15)23-21(26)17-9-11-20(25-24-17)22-13-12-16-6-4-3-5-7-16/h6,8-11,14H,3-5,7,12-13H2,1-2H3,(H,22,25)(H,23,26). The van der Waals surface area contributed by atoms with Gasteiger partial charge in [0.25, 0.3) is 5.91 Å². The van der Waals surface area contributed by atoms with Crippen LogP contribution in [0.2, 0.25) is 0 Å². The van der Waals surface area contributed by atoms with Gasteiger partial charge < -0.3 is 15.4 Å². The first kappa shape index (κ1) is 18.9. The van der Waals surface area contributed by atoms with Crippen LogP contribution in [0.15, 0.2) is 42.0 Å². The third kappa shape index (κ3) is 5.29. The number of amides is 1. The predicted molar refractivity (Wildman–Crippen MR) is 107 cm³/mol. The van der Waals surface area contributed by atoms with Crippen molar-refractivity contribution in [1.82, 2.24) is 10.2 Å². The van der Waals surface area contributed by atoms with Gasteiger partial charge in [0.15, 0.2) is 5.69 Å². The fourth-order valence-corrected chi connectivity index (χ4v) is 3.14. The smallest absolute Gasteiger partial charge is 0.276 e. The molecule has 27 heavy (non-hydrogen) atoms. The highest BCUT2D eigenvalue weighted by molar-refractivity contribution is 6.03. The van der Waals surface area contributed by atoms with Crippen LogP contribution in [-0.4, -0.2) is 29.8 Å². The zero-order valence-electron chi connectivity index (χ0n) is 15.9. The zero-order chi connectivity index (χ0) is 19.1. The van der Waals surface area contributed by atoms with Crippen molar-refractivity contribution < 1.29 is 9.53 Å². The fraction of sp³-hybridized carbons (Fsp3) is 0.381. The molecule has 1 aromatic carbocycles. The number of allylic oxidation sites excluding steroid dienone is 1. The number of ether oxygens (including phenoxy) is 1. The second-order valence-electron chi connectivity index (χ2n) is 6.75. The Morgan fingerprint density at radius 1 is 1.19 bits per heavy atom. The van der Waals surface area contributed by atoms with Gasteiger partial charge in [-0.2, -0.15) is 0 Å². The summed E-state index contributed by atoms with van der Waals surface area (Å²) in [5.74, 6) is 0.971. The Bertz CT molecular complexity index is 815. The summed E-state index contributed by atoms with van der Waals surface area (Å²) in [6.45, 7) is 2.78. The second-order valence-corrected chi connectivity index (χ2v) is 6.75. The number of nitrogens with one attached hydrogen (secondary N) is 2. The van der Waals surface area contributed by atoms with Crippen molar-refractivity contribution in [3.8, 4) is 5.75 Å². The van der Waals surface area contributed by atoms with Gasteiger partial charge in [0.05, 0.1) is 12.8 Å². The monoisotopic (exact) mass is 366 g/mol. The van der Waals surface area contributed by atoms with Crippen LogP contribution in [0.3, 0.4) is 0 Å². The number of anilines is 2. The number of methoxy groups -OCH3 is 1. The molecule has 2 aromatic rings. The maximum atomic E-state index is 12.4. The summed E-state index contributed by atoms with van der Waals surface area (Å²) in [5.41, 5.74) is 3.43. The van der Waals surface area contributed by atoms with Crippen LogP contribution in [0.25, 0.3) is 0 Å². The van der Waals surface area contributed by atoms with Crippen LogP contribution in [-0.2, 0) is 0 Å². The number of hydrogen-bond acceptors (Lipinski definition) is 5. The Kier molecular flexibility index (Phi) is 6.41. The molecular weight excluding hydrogens is 340 g/mol. The van der Waals surface area contributed by atoms with E-state index in [1.807, 2.05) is 25.1 Å². The number of hydrogen-bond donors (Lipinski definition) is 2. The van der Waals surface area contributed by atoms with Crippen molar-refractivity contribution in [2.24, 2.45) is 0 Å². The van der Waals surface area contributed by atoms with E-state index in [0.717, 1.165) is 18.5 Å². The molecule has 1 aliphatic rings. The largest absolute Gasteiger partial charge is 0.495 e. The quantitative estimate of drug-likeness (QED) is 0.713. The molecule has 0 unspecified atom stereocenters. The van der Waals surface area contributed by atoms with Crippen molar-refractivity contribution in [2.45, 2.75) is 39.0 Å². The molecule has 3 rings (SSSR count). The van der Waals surface area contributed by atoms with Gasteiger partial charge in [-0.3, -0.25) is 4.79 Å². The van der Waals surface area contributed by atoms with Crippen LogP contribution >= 0.6 is 0 Å². The third-order valence-corrected chi connectivity index (χ3v) is 4.64. The van der Waals surface area contributed by atoms with Gasteiger partial charge in [-0.25, -0.2) is 0 Å². The Labute approximate surface area is 160 Å². The molecule has 1 heterocycles. The summed E-state index contributed by atoms with van der Waals surface area (Å²) in [6, 6.07) is 9.07. The highest BCUT2D eigenvalue weighted by Gasteiger charge is 2.12. The van der Waals surface area contributed by atoms with Gasteiger partial charge in [0, 0.05) is 6.54 Å². The van der Waals surface area contributed by atoms with E-state index in [1.54, 1.807) is 19.2 Å². The maximum absolute atomic E-state index is 12.4. The van der Waals surface area contributed by atoms with Crippen molar-refractivity contribution in [3.63, 3.8) is 0 Å². The summed E-state index contributed by atoms with van der Waals surface area (Å²) < 4.78 is 5.29. The second kappa shape index (κ2) is 9.16. The van der Waals surface area contributed by atoms with Crippen molar-refractivity contribution in [1.29, 1.82) is 0 Å². The number of carbonyl (C=O) groups is 1. The van der Waals surface area contributed by atoms with Gasteiger partial charge in [-0.1, -0.05) is 17.7 Å². The molecule has 0 saturated heterocycles. The van der Waals surface area contributed by atoms with E-state index in [1.165, 1.54) is 31.3 Å². The molecule has 0 spiro atoms. The minimum absolute atomic E-state index is 0.263. The summed E-state index contributed by atoms with van der Waals surface area (Å²) in [5, 5.41) is 14.2. The van der Waals surface area contributed by atoms with E-state index in [0.29, 0.717) is 17.3 Å². The van der Waals surface area contributed by atoms with E-state index in [9.17, 15) is 4.79 Å². The molecule has 0 saturated carbocycles. The minimum atomic E-state index is -0.315. The molecule has 0 aliphatic heterocycles. The van der Waals surface area contributed by atoms with Crippen LogP contribution in [0.1, 0.15) is 48.2 Å². The molecule has 0 atom stereocenters. The van der Waals surface area contributed by atoms with E-state index < -0.39 is 0 Å². The zero-order valence-corrected chi connectivity index (χ0v) is 15.9. The Hall–Kier alpha value is -2.89. The average molecular weight is 366 g/mol. The van der Waals surface area contributed by atoms with Gasteiger partial charge in [-0.15, -0.1) is 10.2 Å². The van der Waals surface area contributed by atoms with Crippen molar-refractivity contribution >= 4 is 17.4 Å². The van der Waals surface area contributed by atoms with Crippen LogP contribution in [0.5, 0.6) is 5.75 Å². The first-order valence-electron chi connectivity index (χ1n) is 9.37. The number of aromatic nitrogens is 2. The Morgan fingerprint density at radius 2 is 2.07 bits per heavy atom. The van der Waals surface area contributed by atoms with Crippen molar-refractivity contribution in [3.05, 3.63) is 53.2 Å². The molecule has 6 nitrogen and oxygen atoms in total. The van der Waals surface area contributed by atoms with E-state index in [-0.39, 0.29) is 11.6 Å². The Balaban J connectivity index is 1.55. The van der Waals surface area contributed by atoms with Crippen molar-refractivity contribution in [2.75, 3.05) is 24.3 Å². The molecule has 1 amide bonds. The number of nitrogens with zero attached hydrogens (tertiary/aromatic N) is 2. The normalized spacial score (nSPS) is 13.6. The molecule has 0 bridgehead atoms. The molecule has 0 fully saturated rings. The van der Waals surface area contributed by atoms with E-state index in [2.05, 4.69) is 26.9 Å². The molecule has 0 radical (unpaired) electrons. The number of carbonyl (C=O) groups excluding carboxylic acids is 1. The first-order chi connectivity index (χ1) is 13.2. The topological polar surface area (TPSA) is 76.1 Å². The average Bonchev–Trinajstić information content (AvgIpc) is 2.69. The molecule has 142 valence electrons. The molecule has 6 heteroatoms. The summed E-state index contributed by atoms with van der Waals surface area (Å²) in [4.78, 5) is 12.4. The van der Waals surface area contributed by atoms with Crippen LogP contribution in [0.4, 0.5) is 11.5 Å². The lowest BCUT2D eigenvalue weighted by Crippen LogP contribution is -2.15. The molecular formula is C21H26N4O2. The molecule has 1 aromatic heterocycles. The highest BCUT2D eigenvalue weighted by Crippen LogP contribution is 2.25. The predicted octanol–water partition coefficient (Wildman–Crippen LogP) is 4.35. The van der Waals surface area contributed by atoms with Gasteiger partial charge in [0.1, 0.15) is 11.6 Å². The summed E-state index contributed by atoms with van der Waals surface area (Å²) >= 11 is 0. The van der Waals surface area contributed by atoms with Gasteiger partial charge in [-0.05, 0) is 68.9 Å². The first-order valence-corrected chi connectivity index (χ1v) is 9.37. The lowest BCUT2D eigenvalue weighted by Gasteiger charge is -2.13. The van der Waals surface area contributed by atoms with Crippen LogP contribution in [0, 0.1) is 6.92 Å². The van der Waals surface area contributed by atoms with E-state index in [4.69, 9.17) is 4.74 Å². The SMILES string of the molecule is COc1ccc(C)cc1NC(=O)c1ccc(NCCC2=CCCCC2)nn1. The Morgan fingerprint density at radius 3 is 2.78 bits per heavy atom. The van der Waals surface area contributed by atoms with Gasteiger partial charge >= 0.3 is 0 Å². The highest BCUT2D eigenvalue weighted by atomic mass is 16.5. The number of benzene rings is 1. The molecule has 2 N–H and O–H groups in total.